The number of hydrogen-bond acceptors (Lipinski definition) is 6. The highest BCUT2D eigenvalue weighted by atomic mass is 19.1. The fourth-order valence-electron chi connectivity index (χ4n) is 4.73. The fourth-order valence-corrected chi connectivity index (χ4v) is 4.73. The molecule has 0 bridgehead atoms. The van der Waals surface area contributed by atoms with Gasteiger partial charge in [0.1, 0.15) is 35.1 Å². The van der Waals surface area contributed by atoms with Crippen LogP contribution in [-0.4, -0.2) is 64.2 Å². The van der Waals surface area contributed by atoms with E-state index in [1.54, 1.807) is 29.4 Å². The van der Waals surface area contributed by atoms with Gasteiger partial charge in [-0.05, 0) is 25.6 Å². The summed E-state index contributed by atoms with van der Waals surface area (Å²) in [5.74, 6) is -0.473. The van der Waals surface area contributed by atoms with Crippen LogP contribution in [0.25, 0.3) is 27.8 Å². The van der Waals surface area contributed by atoms with Gasteiger partial charge in [0.15, 0.2) is 5.82 Å². The molecule has 0 spiro atoms. The standard InChI is InChI=1S/C26H31F2N8/c1-4-5-8-31-21-7-6-20(27)25(23(21)28)36-16-19(18-13-29-17-30-14-18)24-22(36)15-32-26(34(24)3)35-11-9-33(2)10-12-35/h6-7,13-17,31H,4-5,8-12H2,1-3H3/q+1. The maximum Gasteiger partial charge on any atom is 0.394 e. The van der Waals surface area contributed by atoms with Gasteiger partial charge in [0.25, 0.3) is 0 Å². The summed E-state index contributed by atoms with van der Waals surface area (Å²) >= 11 is 0. The molecule has 0 unspecified atom stereocenters. The quantitative estimate of drug-likeness (QED) is 0.314. The number of piperazine rings is 1. The Morgan fingerprint density at radius 2 is 1.81 bits per heavy atom. The highest BCUT2D eigenvalue weighted by molar-refractivity contribution is 5.91. The monoisotopic (exact) mass is 493 g/mol. The molecule has 5 rings (SSSR count). The first-order chi connectivity index (χ1) is 17.5. The van der Waals surface area contributed by atoms with Crippen LogP contribution in [0.3, 0.4) is 0 Å². The van der Waals surface area contributed by atoms with E-state index < -0.39 is 11.6 Å². The third-order valence-electron chi connectivity index (χ3n) is 6.76. The van der Waals surface area contributed by atoms with Crippen molar-refractivity contribution in [3.8, 4) is 16.8 Å². The summed E-state index contributed by atoms with van der Waals surface area (Å²) in [5, 5.41) is 3.10. The number of rotatable bonds is 7. The van der Waals surface area contributed by atoms with Crippen molar-refractivity contribution in [2.24, 2.45) is 7.05 Å². The van der Waals surface area contributed by atoms with Crippen LogP contribution in [0.2, 0.25) is 0 Å². The van der Waals surface area contributed by atoms with E-state index in [1.165, 1.54) is 18.5 Å². The van der Waals surface area contributed by atoms with Crippen molar-refractivity contribution in [3.05, 3.63) is 54.9 Å². The molecule has 0 atom stereocenters. The number of aromatic nitrogens is 5. The molecule has 1 aliphatic rings. The normalized spacial score (nSPS) is 14.5. The van der Waals surface area contributed by atoms with Crippen LogP contribution in [-0.2, 0) is 7.05 Å². The number of hydrogen-bond donors (Lipinski definition) is 1. The van der Waals surface area contributed by atoms with E-state index in [-0.39, 0.29) is 11.4 Å². The first kappa shape index (κ1) is 24.1. The Morgan fingerprint density at radius 3 is 2.53 bits per heavy atom. The van der Waals surface area contributed by atoms with Crippen LogP contribution >= 0.6 is 0 Å². The van der Waals surface area contributed by atoms with Gasteiger partial charge < -0.3 is 14.8 Å². The van der Waals surface area contributed by atoms with Crippen LogP contribution in [0.1, 0.15) is 19.8 Å². The molecular weight excluding hydrogens is 462 g/mol. The van der Waals surface area contributed by atoms with E-state index in [4.69, 9.17) is 4.98 Å². The Hall–Kier alpha value is -3.66. The Bertz CT molecular complexity index is 1360. The minimum atomic E-state index is -0.646. The highest BCUT2D eigenvalue weighted by Crippen LogP contribution is 2.34. The van der Waals surface area contributed by atoms with Gasteiger partial charge in [-0.1, -0.05) is 18.3 Å². The topological polar surface area (TPSA) is 66.0 Å². The first-order valence-corrected chi connectivity index (χ1v) is 12.3. The van der Waals surface area contributed by atoms with Crippen molar-refractivity contribution in [3.63, 3.8) is 0 Å². The van der Waals surface area contributed by atoms with Crippen molar-refractivity contribution in [2.45, 2.75) is 19.8 Å². The third-order valence-corrected chi connectivity index (χ3v) is 6.76. The number of halogens is 2. The molecular formula is C26H31F2N8+. The van der Waals surface area contributed by atoms with Crippen LogP contribution in [0.15, 0.2) is 43.2 Å². The van der Waals surface area contributed by atoms with E-state index in [1.807, 2.05) is 11.6 Å². The van der Waals surface area contributed by atoms with E-state index in [0.717, 1.165) is 61.6 Å². The molecule has 0 aliphatic carbocycles. The summed E-state index contributed by atoms with van der Waals surface area (Å²) in [6, 6.07) is 2.75. The molecule has 8 nitrogen and oxygen atoms in total. The molecule has 0 saturated carbocycles. The lowest BCUT2D eigenvalue weighted by molar-refractivity contribution is -0.634. The number of nitrogens with zero attached hydrogens (tertiary/aromatic N) is 7. The van der Waals surface area contributed by atoms with Gasteiger partial charge in [-0.15, -0.1) is 0 Å². The highest BCUT2D eigenvalue weighted by Gasteiger charge is 2.29. The molecule has 1 N–H and O–H groups in total. The van der Waals surface area contributed by atoms with Crippen LogP contribution in [0.5, 0.6) is 0 Å². The van der Waals surface area contributed by atoms with Crippen LogP contribution in [0.4, 0.5) is 20.4 Å². The first-order valence-electron chi connectivity index (χ1n) is 12.3. The van der Waals surface area contributed by atoms with Gasteiger partial charge in [-0.3, -0.25) is 4.90 Å². The number of nitrogens with one attached hydrogen (secondary N) is 1. The Labute approximate surface area is 209 Å². The van der Waals surface area contributed by atoms with Crippen molar-refractivity contribution < 1.29 is 13.3 Å². The second-order valence-corrected chi connectivity index (χ2v) is 9.22. The summed E-state index contributed by atoms with van der Waals surface area (Å²) in [5.41, 5.74) is 3.06. The molecule has 0 radical (unpaired) electrons. The van der Waals surface area contributed by atoms with Crippen LogP contribution < -0.4 is 14.8 Å². The van der Waals surface area contributed by atoms with Crippen LogP contribution in [0, 0.1) is 11.6 Å². The smallest absolute Gasteiger partial charge is 0.383 e. The van der Waals surface area contributed by atoms with Gasteiger partial charge in [-0.2, -0.15) is 0 Å². The zero-order valence-corrected chi connectivity index (χ0v) is 20.9. The number of likely N-dealkylation sites (N-methyl/N-ethyl adjacent to an activating group) is 1. The molecule has 1 saturated heterocycles. The largest absolute Gasteiger partial charge is 0.394 e. The summed E-state index contributed by atoms with van der Waals surface area (Å²) in [6.45, 7) is 6.26. The summed E-state index contributed by atoms with van der Waals surface area (Å²) in [7, 11) is 4.05. The second kappa shape index (κ2) is 10.1. The summed E-state index contributed by atoms with van der Waals surface area (Å²) < 4.78 is 34.5. The average molecular weight is 494 g/mol. The van der Waals surface area contributed by atoms with Crippen molar-refractivity contribution in [1.29, 1.82) is 0 Å². The summed E-state index contributed by atoms with van der Waals surface area (Å²) in [4.78, 5) is 17.6. The molecule has 4 heterocycles. The molecule has 10 heteroatoms. The van der Waals surface area contributed by atoms with Gasteiger partial charge in [0, 0.05) is 49.4 Å². The lowest BCUT2D eigenvalue weighted by Crippen LogP contribution is -2.50. The molecule has 36 heavy (non-hydrogen) atoms. The summed E-state index contributed by atoms with van der Waals surface area (Å²) in [6.07, 6.45) is 10.2. The van der Waals surface area contributed by atoms with Gasteiger partial charge in [0.2, 0.25) is 0 Å². The molecule has 0 amide bonds. The maximum absolute atomic E-state index is 15.7. The Kier molecular flexibility index (Phi) is 6.77. The van der Waals surface area contributed by atoms with Gasteiger partial charge in [0.05, 0.1) is 25.8 Å². The predicted octanol–water partition coefficient (Wildman–Crippen LogP) is 3.55. The predicted molar refractivity (Wildman–Crippen MR) is 136 cm³/mol. The van der Waals surface area contributed by atoms with E-state index >= 15 is 8.78 Å². The number of anilines is 2. The number of benzene rings is 1. The Balaban J connectivity index is 1.70. The minimum absolute atomic E-state index is 0.140. The van der Waals surface area contributed by atoms with E-state index in [2.05, 4.69) is 39.1 Å². The van der Waals surface area contributed by atoms with Gasteiger partial charge >= 0.3 is 5.95 Å². The third kappa shape index (κ3) is 4.37. The van der Waals surface area contributed by atoms with Gasteiger partial charge in [-0.25, -0.2) is 23.3 Å². The van der Waals surface area contributed by atoms with E-state index in [0.29, 0.717) is 12.1 Å². The van der Waals surface area contributed by atoms with Crippen molar-refractivity contribution >= 4 is 22.7 Å². The fraction of sp³-hybridized carbons (Fsp3) is 0.385. The second-order valence-electron chi connectivity index (χ2n) is 9.22. The molecule has 1 aliphatic heterocycles. The molecule has 188 valence electrons. The number of unbranched alkanes of at least 4 members (excludes halogenated alkanes) is 1. The number of fused-ring (bicyclic) bond motifs is 1. The molecule has 3 aromatic heterocycles. The molecule has 1 aromatic carbocycles. The SMILES string of the molecule is CCCCNc1ccc(F)c(-n2cc(-c3cncnc3)c3c2cnc(N2CCN(C)CC2)[n+]3C)c1F. The zero-order chi connectivity index (χ0) is 25.2. The molecule has 4 aromatic rings. The number of aryl methyl sites for hydroxylation is 1. The van der Waals surface area contributed by atoms with Crippen molar-refractivity contribution in [2.75, 3.05) is 50.0 Å². The molecule has 1 fully saturated rings. The Morgan fingerprint density at radius 1 is 1.06 bits per heavy atom. The maximum atomic E-state index is 15.7. The lowest BCUT2D eigenvalue weighted by atomic mass is 10.1. The minimum Gasteiger partial charge on any atom is -0.383 e. The lowest BCUT2D eigenvalue weighted by Gasteiger charge is -2.28. The zero-order valence-electron chi connectivity index (χ0n) is 20.9. The average Bonchev–Trinajstić information content (AvgIpc) is 3.27. The van der Waals surface area contributed by atoms with Crippen molar-refractivity contribution in [1.82, 2.24) is 24.4 Å². The van der Waals surface area contributed by atoms with E-state index in [9.17, 15) is 0 Å².